The van der Waals surface area contributed by atoms with E-state index in [1.54, 1.807) is 11.3 Å². The molecule has 0 saturated heterocycles. The number of nitrogens with zero attached hydrogens (tertiary/aromatic N) is 1. The van der Waals surface area contributed by atoms with Crippen molar-refractivity contribution in [1.82, 2.24) is 4.98 Å². The normalized spacial score (nSPS) is 16.7. The van der Waals surface area contributed by atoms with Gasteiger partial charge in [-0.2, -0.15) is 0 Å². The van der Waals surface area contributed by atoms with Crippen molar-refractivity contribution in [2.45, 2.75) is 169 Å². The molecular formula is C37H67NO6SSi2. The lowest BCUT2D eigenvalue weighted by Crippen LogP contribution is -2.53. The quantitative estimate of drug-likeness (QED) is 0.0837. The summed E-state index contributed by atoms with van der Waals surface area (Å²) in [5.41, 5.74) is 0.781. The number of hydrogen-bond donors (Lipinski definition) is 2. The monoisotopic (exact) mass is 709 g/mol. The van der Waals surface area contributed by atoms with Crippen molar-refractivity contribution < 1.29 is 28.7 Å². The Bertz CT molecular complexity index is 1220. The summed E-state index contributed by atoms with van der Waals surface area (Å²) in [6.07, 6.45) is 8.36. The summed E-state index contributed by atoms with van der Waals surface area (Å²) >= 11 is 1.60. The van der Waals surface area contributed by atoms with Gasteiger partial charge in [-0.3, -0.25) is 9.59 Å². The van der Waals surface area contributed by atoms with E-state index in [2.05, 4.69) is 78.8 Å². The molecule has 0 amide bonds. The first-order valence-corrected chi connectivity index (χ1v) is 24.0. The summed E-state index contributed by atoms with van der Waals surface area (Å²) in [5.74, 6) is -1.38. The Balaban J connectivity index is 3.04. The van der Waals surface area contributed by atoms with Gasteiger partial charge in [0.15, 0.2) is 16.6 Å². The van der Waals surface area contributed by atoms with E-state index in [0.29, 0.717) is 6.42 Å². The van der Waals surface area contributed by atoms with Crippen molar-refractivity contribution >= 4 is 45.8 Å². The van der Waals surface area contributed by atoms with Gasteiger partial charge in [-0.05, 0) is 87.4 Å². The predicted octanol–water partition coefficient (Wildman–Crippen LogP) is 10.2. The number of carboxylic acid groups (broad SMARTS) is 1. The van der Waals surface area contributed by atoms with E-state index in [-0.39, 0.29) is 28.4 Å². The number of carboxylic acids is 1. The number of carbonyl (C=O) groups is 2. The zero-order chi connectivity index (χ0) is 36.6. The molecule has 2 N–H and O–H groups in total. The molecule has 0 aliphatic heterocycles. The predicted molar refractivity (Wildman–Crippen MR) is 203 cm³/mol. The van der Waals surface area contributed by atoms with Gasteiger partial charge in [0.1, 0.15) is 5.78 Å². The second-order valence-corrected chi connectivity index (χ2v) is 27.5. The number of aliphatic hydroxyl groups excluding tert-OH is 1. The van der Waals surface area contributed by atoms with Gasteiger partial charge < -0.3 is 19.1 Å². The third-order valence-electron chi connectivity index (χ3n) is 10.4. The minimum absolute atomic E-state index is 0.00344. The lowest BCUT2D eigenvalue weighted by molar-refractivity contribution is -0.145. The van der Waals surface area contributed by atoms with Crippen molar-refractivity contribution in [3.63, 3.8) is 0 Å². The molecule has 47 heavy (non-hydrogen) atoms. The largest absolute Gasteiger partial charge is 0.481 e. The van der Waals surface area contributed by atoms with E-state index in [1.807, 2.05) is 52.2 Å². The van der Waals surface area contributed by atoms with Gasteiger partial charge in [-0.15, -0.1) is 11.3 Å². The molecule has 1 aromatic rings. The van der Waals surface area contributed by atoms with Gasteiger partial charge in [0.05, 0.1) is 35.4 Å². The van der Waals surface area contributed by atoms with Crippen molar-refractivity contribution in [2.75, 3.05) is 0 Å². The average Bonchev–Trinajstić information content (AvgIpc) is 3.32. The number of Topliss-reactive ketones (excluding diaryl/α,β-unsaturated/α-hetero) is 1. The molecule has 0 aliphatic carbocycles. The summed E-state index contributed by atoms with van der Waals surface area (Å²) in [7, 11) is -4.56. The molecule has 1 heterocycles. The highest BCUT2D eigenvalue weighted by Gasteiger charge is 2.49. The van der Waals surface area contributed by atoms with Gasteiger partial charge >= 0.3 is 5.97 Å². The Morgan fingerprint density at radius 1 is 0.957 bits per heavy atom. The minimum Gasteiger partial charge on any atom is -0.481 e. The van der Waals surface area contributed by atoms with Crippen LogP contribution in [0.1, 0.15) is 118 Å². The molecule has 0 unspecified atom stereocenters. The highest BCUT2D eigenvalue weighted by atomic mass is 32.1. The zero-order valence-corrected chi connectivity index (χ0v) is 35.1. The standard InChI is InChI=1S/C37H67NO6SSi2/c1-26(23-29-25-45-28(3)38-29)30(39)21-19-17-16-18-20-22-31(43-46(12,13)35(4,5)6)27(2)34(42)37(10,11)32(24-33(40)41)44-47(14,15)36(7,8)9/h17,19,23,25,27,30-32,39H,16,18,20-22,24H2,1-15H3,(H,40,41)/b19-17-,26-23+/t27-,30+,31+,32+/m1/s1. The Kier molecular flexibility index (Phi) is 16.2. The number of carbonyl (C=O) groups excluding carboxylic acids is 1. The summed E-state index contributed by atoms with van der Waals surface area (Å²) in [6.45, 7) is 31.2. The van der Waals surface area contributed by atoms with Crippen LogP contribution >= 0.6 is 11.3 Å². The van der Waals surface area contributed by atoms with E-state index < -0.39 is 46.1 Å². The molecule has 0 radical (unpaired) electrons. The van der Waals surface area contributed by atoms with Crippen molar-refractivity contribution in [3.8, 4) is 0 Å². The smallest absolute Gasteiger partial charge is 0.305 e. The maximum atomic E-state index is 14.3. The molecule has 0 spiro atoms. The number of ketones is 1. The number of hydrogen-bond acceptors (Lipinski definition) is 7. The van der Waals surface area contributed by atoms with Crippen LogP contribution in [0.4, 0.5) is 0 Å². The number of allylic oxidation sites excluding steroid dienone is 1. The van der Waals surface area contributed by atoms with Crippen LogP contribution in [0.2, 0.25) is 36.3 Å². The second-order valence-electron chi connectivity index (χ2n) is 16.9. The van der Waals surface area contributed by atoms with Gasteiger partial charge in [0.2, 0.25) is 0 Å². The molecule has 4 atom stereocenters. The molecule has 0 bridgehead atoms. The summed E-state index contributed by atoms with van der Waals surface area (Å²) < 4.78 is 13.6. The first-order valence-electron chi connectivity index (χ1n) is 17.3. The maximum Gasteiger partial charge on any atom is 0.305 e. The number of aliphatic carboxylic acids is 1. The number of aromatic nitrogens is 1. The van der Waals surface area contributed by atoms with Crippen LogP contribution in [-0.4, -0.2) is 61.9 Å². The molecule has 1 aromatic heterocycles. The molecule has 1 rings (SSSR count). The molecular weight excluding hydrogens is 643 g/mol. The Labute approximate surface area is 292 Å². The molecule has 0 aliphatic rings. The first-order chi connectivity index (χ1) is 21.2. The van der Waals surface area contributed by atoms with Crippen LogP contribution in [0.3, 0.4) is 0 Å². The summed E-state index contributed by atoms with van der Waals surface area (Å²) in [4.78, 5) is 30.8. The van der Waals surface area contributed by atoms with Crippen LogP contribution in [-0.2, 0) is 18.4 Å². The third-order valence-corrected chi connectivity index (χ3v) is 20.2. The highest BCUT2D eigenvalue weighted by Crippen LogP contribution is 2.43. The third kappa shape index (κ3) is 13.4. The first kappa shape index (κ1) is 43.6. The number of aliphatic hydroxyl groups is 1. The van der Waals surface area contributed by atoms with Gasteiger partial charge in [-0.25, -0.2) is 4.98 Å². The fraction of sp³-hybridized carbons (Fsp3) is 0.757. The van der Waals surface area contributed by atoms with Crippen LogP contribution in [0, 0.1) is 18.3 Å². The minimum atomic E-state index is -2.35. The summed E-state index contributed by atoms with van der Waals surface area (Å²) in [5, 5.41) is 23.3. The van der Waals surface area contributed by atoms with Crippen molar-refractivity contribution in [1.29, 1.82) is 0 Å². The van der Waals surface area contributed by atoms with Crippen LogP contribution in [0.15, 0.2) is 23.1 Å². The number of rotatable bonds is 19. The van der Waals surface area contributed by atoms with E-state index in [9.17, 15) is 19.8 Å². The van der Waals surface area contributed by atoms with Gasteiger partial charge in [-0.1, -0.05) is 80.9 Å². The fourth-order valence-corrected chi connectivity index (χ4v) is 8.37. The maximum absolute atomic E-state index is 14.3. The van der Waals surface area contributed by atoms with Crippen molar-refractivity contribution in [2.24, 2.45) is 11.3 Å². The average molecular weight is 710 g/mol. The van der Waals surface area contributed by atoms with Crippen molar-refractivity contribution in [3.05, 3.63) is 33.8 Å². The number of thiazole rings is 1. The molecule has 7 nitrogen and oxygen atoms in total. The summed E-state index contributed by atoms with van der Waals surface area (Å²) in [6, 6.07) is 0. The Hall–Kier alpha value is -1.44. The zero-order valence-electron chi connectivity index (χ0n) is 32.2. The van der Waals surface area contributed by atoms with E-state index in [1.165, 1.54) is 0 Å². The molecule has 10 heteroatoms. The fourth-order valence-electron chi connectivity index (χ4n) is 4.93. The lowest BCUT2D eigenvalue weighted by atomic mass is 9.74. The van der Waals surface area contributed by atoms with Crippen LogP contribution < -0.4 is 0 Å². The topological polar surface area (TPSA) is 106 Å². The highest BCUT2D eigenvalue weighted by molar-refractivity contribution is 7.09. The van der Waals surface area contributed by atoms with E-state index in [4.69, 9.17) is 8.85 Å². The van der Waals surface area contributed by atoms with E-state index in [0.717, 1.165) is 42.0 Å². The van der Waals surface area contributed by atoms with Gasteiger partial charge in [0, 0.05) is 16.7 Å². The van der Waals surface area contributed by atoms with Crippen LogP contribution in [0.5, 0.6) is 0 Å². The molecule has 0 aromatic carbocycles. The number of unbranched alkanes of at least 4 members (excludes halogenated alkanes) is 2. The lowest BCUT2D eigenvalue weighted by Gasteiger charge is -2.45. The Morgan fingerprint density at radius 3 is 2.00 bits per heavy atom. The molecule has 0 saturated carbocycles. The second kappa shape index (κ2) is 17.5. The Morgan fingerprint density at radius 2 is 1.51 bits per heavy atom. The molecule has 270 valence electrons. The number of aryl methyl sites for hydroxylation is 1. The van der Waals surface area contributed by atoms with E-state index >= 15 is 0 Å². The van der Waals surface area contributed by atoms with Gasteiger partial charge in [0.25, 0.3) is 0 Å². The molecule has 0 fully saturated rings. The van der Waals surface area contributed by atoms with Crippen LogP contribution in [0.25, 0.3) is 6.08 Å². The SMILES string of the molecule is C/C(=C\c1csc(C)n1)[C@@H](O)C/C=C\CCCC[C@H](O[Si](C)(C)C(C)(C)C)[C@@H](C)C(=O)C(C)(C)[C@H](CC(=O)O)O[Si](C)(C)C(C)(C)C.